The van der Waals surface area contributed by atoms with Crippen molar-refractivity contribution in [3.8, 4) is 0 Å². The summed E-state index contributed by atoms with van der Waals surface area (Å²) in [5, 5.41) is 22.1. The van der Waals surface area contributed by atoms with Crippen molar-refractivity contribution in [3.63, 3.8) is 0 Å². The fourth-order valence-electron chi connectivity index (χ4n) is 1.66. The Labute approximate surface area is 121 Å². The minimum atomic E-state index is -1.49. The summed E-state index contributed by atoms with van der Waals surface area (Å²) in [6.07, 6.45) is -0.696. The number of anilines is 2. The van der Waals surface area contributed by atoms with Gasteiger partial charge in [0.05, 0.1) is 17.8 Å². The van der Waals surface area contributed by atoms with Crippen LogP contribution in [0.3, 0.4) is 0 Å². The van der Waals surface area contributed by atoms with Crippen LogP contribution in [-0.4, -0.2) is 48.3 Å². The average Bonchev–Trinajstić information content (AvgIpc) is 2.37. The second-order valence-electron chi connectivity index (χ2n) is 4.50. The van der Waals surface area contributed by atoms with E-state index in [1.54, 1.807) is 43.3 Å². The van der Waals surface area contributed by atoms with Gasteiger partial charge in [0.25, 0.3) is 0 Å². The number of benzene rings is 1. The summed E-state index contributed by atoms with van der Waals surface area (Å²) in [6, 6.07) is 4.67. The number of aliphatic carboxylic acids is 2. The van der Waals surface area contributed by atoms with E-state index < -0.39 is 30.4 Å². The summed E-state index contributed by atoms with van der Waals surface area (Å²) in [6.45, 7) is 0. The number of para-hydroxylation sites is 2. The Kier molecular flexibility index (Phi) is 5.53. The molecule has 0 saturated heterocycles. The molecule has 1 aromatic carbocycles. The molecule has 0 aliphatic rings. The van der Waals surface area contributed by atoms with Crippen molar-refractivity contribution in [2.24, 2.45) is 0 Å². The average molecular weight is 295 g/mol. The number of rotatable bonds is 6. The van der Waals surface area contributed by atoms with Crippen molar-refractivity contribution in [1.29, 1.82) is 0 Å². The number of urea groups is 1. The second-order valence-corrected chi connectivity index (χ2v) is 4.50. The highest BCUT2D eigenvalue weighted by atomic mass is 16.4. The molecule has 0 aromatic heterocycles. The van der Waals surface area contributed by atoms with E-state index in [4.69, 9.17) is 10.2 Å². The lowest BCUT2D eigenvalue weighted by Crippen LogP contribution is -2.44. The minimum absolute atomic E-state index is 0.486. The number of hydrogen-bond acceptors (Lipinski definition) is 4. The van der Waals surface area contributed by atoms with Gasteiger partial charge in [-0.2, -0.15) is 0 Å². The molecule has 0 radical (unpaired) electrons. The van der Waals surface area contributed by atoms with E-state index in [-0.39, 0.29) is 0 Å². The number of carbonyl (C=O) groups is 3. The highest BCUT2D eigenvalue weighted by molar-refractivity contribution is 5.96. The number of carbonyl (C=O) groups excluding carboxylic acids is 1. The number of hydrogen-bond donors (Lipinski definition) is 4. The molecule has 8 nitrogen and oxygen atoms in total. The Morgan fingerprint density at radius 3 is 2.33 bits per heavy atom. The molecule has 0 bridgehead atoms. The van der Waals surface area contributed by atoms with Crippen molar-refractivity contribution in [2.75, 3.05) is 24.3 Å². The van der Waals surface area contributed by atoms with Gasteiger partial charge in [0.2, 0.25) is 0 Å². The van der Waals surface area contributed by atoms with Crippen LogP contribution in [0.4, 0.5) is 16.2 Å². The number of carboxylic acids is 2. The molecular formula is C13H17N3O5. The number of nitrogens with one attached hydrogen (secondary N) is 2. The smallest absolute Gasteiger partial charge is 0.326 e. The quantitative estimate of drug-likeness (QED) is 0.616. The SMILES string of the molecule is CN(C)c1ccccc1NC(=O)N[C@H](CC(=O)O)C(=O)O. The molecule has 0 spiro atoms. The van der Waals surface area contributed by atoms with Gasteiger partial charge in [-0.05, 0) is 12.1 Å². The molecule has 8 heteroatoms. The lowest BCUT2D eigenvalue weighted by atomic mass is 10.2. The maximum Gasteiger partial charge on any atom is 0.326 e. The van der Waals surface area contributed by atoms with Crippen LogP contribution >= 0.6 is 0 Å². The molecule has 1 atom stereocenters. The first-order valence-corrected chi connectivity index (χ1v) is 6.09. The van der Waals surface area contributed by atoms with Crippen LogP contribution in [-0.2, 0) is 9.59 Å². The standard InChI is InChI=1S/C13H17N3O5/c1-16(2)10-6-4-3-5-8(10)14-13(21)15-9(12(19)20)7-11(17)18/h3-6,9H,7H2,1-2H3,(H,17,18)(H,19,20)(H2,14,15,21)/t9-/m1/s1. The predicted molar refractivity (Wildman–Crippen MR) is 76.6 cm³/mol. The van der Waals surface area contributed by atoms with Crippen LogP contribution in [0.2, 0.25) is 0 Å². The summed E-state index contributed by atoms with van der Waals surface area (Å²) in [5.41, 5.74) is 1.22. The van der Waals surface area contributed by atoms with Crippen LogP contribution in [0.1, 0.15) is 6.42 Å². The minimum Gasteiger partial charge on any atom is -0.481 e. The lowest BCUT2D eigenvalue weighted by Gasteiger charge is -2.19. The summed E-state index contributed by atoms with van der Waals surface area (Å²) in [7, 11) is 3.59. The molecule has 1 rings (SSSR count). The van der Waals surface area contributed by atoms with E-state index in [1.165, 1.54) is 0 Å². The molecule has 21 heavy (non-hydrogen) atoms. The van der Waals surface area contributed by atoms with Gasteiger partial charge in [-0.3, -0.25) is 4.79 Å². The van der Waals surface area contributed by atoms with E-state index in [0.29, 0.717) is 5.69 Å². The molecule has 0 fully saturated rings. The zero-order valence-electron chi connectivity index (χ0n) is 11.7. The molecule has 0 unspecified atom stereocenters. The van der Waals surface area contributed by atoms with Crippen LogP contribution < -0.4 is 15.5 Å². The first-order valence-electron chi connectivity index (χ1n) is 6.09. The summed E-state index contributed by atoms with van der Waals surface area (Å²) in [4.78, 5) is 35.0. The fraction of sp³-hybridized carbons (Fsp3) is 0.308. The molecule has 114 valence electrons. The maximum absolute atomic E-state index is 11.8. The highest BCUT2D eigenvalue weighted by Gasteiger charge is 2.23. The first-order chi connectivity index (χ1) is 9.81. The molecule has 1 aromatic rings. The van der Waals surface area contributed by atoms with Gasteiger partial charge in [0.1, 0.15) is 6.04 Å². The van der Waals surface area contributed by atoms with E-state index >= 15 is 0 Å². The third kappa shape index (κ3) is 5.01. The van der Waals surface area contributed by atoms with Crippen molar-refractivity contribution in [2.45, 2.75) is 12.5 Å². The van der Waals surface area contributed by atoms with Crippen LogP contribution in [0.15, 0.2) is 24.3 Å². The zero-order chi connectivity index (χ0) is 16.0. The predicted octanol–water partition coefficient (Wildman–Crippen LogP) is 0.802. The van der Waals surface area contributed by atoms with Crippen LogP contribution in [0, 0.1) is 0 Å². The van der Waals surface area contributed by atoms with E-state index in [2.05, 4.69) is 10.6 Å². The topological polar surface area (TPSA) is 119 Å². The Morgan fingerprint density at radius 1 is 1.19 bits per heavy atom. The van der Waals surface area contributed by atoms with Gasteiger partial charge < -0.3 is 25.7 Å². The summed E-state index contributed by atoms with van der Waals surface area (Å²) in [5.74, 6) is -2.72. The van der Waals surface area contributed by atoms with E-state index in [1.807, 2.05) is 0 Å². The van der Waals surface area contributed by atoms with Gasteiger partial charge in [-0.25, -0.2) is 9.59 Å². The molecule has 0 aliphatic heterocycles. The summed E-state index contributed by atoms with van der Waals surface area (Å²) >= 11 is 0. The highest BCUT2D eigenvalue weighted by Crippen LogP contribution is 2.23. The van der Waals surface area contributed by atoms with Gasteiger partial charge >= 0.3 is 18.0 Å². The third-order valence-electron chi connectivity index (χ3n) is 2.62. The Morgan fingerprint density at radius 2 is 1.81 bits per heavy atom. The molecular weight excluding hydrogens is 278 g/mol. The van der Waals surface area contributed by atoms with E-state index in [9.17, 15) is 14.4 Å². The van der Waals surface area contributed by atoms with Crippen molar-refractivity contribution >= 4 is 29.3 Å². The van der Waals surface area contributed by atoms with Crippen molar-refractivity contribution in [3.05, 3.63) is 24.3 Å². The zero-order valence-corrected chi connectivity index (χ0v) is 11.7. The summed E-state index contributed by atoms with van der Waals surface area (Å²) < 4.78 is 0. The molecule has 0 aliphatic carbocycles. The fourth-order valence-corrected chi connectivity index (χ4v) is 1.66. The number of carboxylic acid groups (broad SMARTS) is 2. The molecule has 0 saturated carbocycles. The first kappa shape index (κ1) is 16.3. The Bertz CT molecular complexity index is 544. The Balaban J connectivity index is 2.77. The molecule has 4 N–H and O–H groups in total. The largest absolute Gasteiger partial charge is 0.481 e. The molecule has 0 heterocycles. The monoisotopic (exact) mass is 295 g/mol. The molecule has 2 amide bonds. The van der Waals surface area contributed by atoms with Gasteiger partial charge in [-0.15, -0.1) is 0 Å². The third-order valence-corrected chi connectivity index (χ3v) is 2.62. The van der Waals surface area contributed by atoms with Crippen molar-refractivity contribution < 1.29 is 24.6 Å². The van der Waals surface area contributed by atoms with Crippen LogP contribution in [0.5, 0.6) is 0 Å². The number of nitrogens with zero attached hydrogens (tertiary/aromatic N) is 1. The number of amides is 2. The second kappa shape index (κ2) is 7.13. The van der Waals surface area contributed by atoms with Crippen LogP contribution in [0.25, 0.3) is 0 Å². The maximum atomic E-state index is 11.8. The van der Waals surface area contributed by atoms with Crippen molar-refractivity contribution in [1.82, 2.24) is 5.32 Å². The van der Waals surface area contributed by atoms with Gasteiger partial charge in [0, 0.05) is 14.1 Å². The van der Waals surface area contributed by atoms with Gasteiger partial charge in [-0.1, -0.05) is 12.1 Å². The van der Waals surface area contributed by atoms with Gasteiger partial charge in [0.15, 0.2) is 0 Å². The Hall–Kier alpha value is -2.77. The normalized spacial score (nSPS) is 11.3. The lowest BCUT2D eigenvalue weighted by molar-refractivity contribution is -0.145. The van der Waals surface area contributed by atoms with E-state index in [0.717, 1.165) is 5.69 Å².